The van der Waals surface area contributed by atoms with Crippen molar-refractivity contribution in [3.8, 4) is 22.9 Å². The molecule has 0 radical (unpaired) electrons. The third-order valence-electron chi connectivity index (χ3n) is 4.18. The van der Waals surface area contributed by atoms with Crippen LogP contribution in [0.2, 0.25) is 0 Å². The van der Waals surface area contributed by atoms with Gasteiger partial charge in [-0.15, -0.1) is 0 Å². The van der Waals surface area contributed by atoms with Gasteiger partial charge in [-0.05, 0) is 29.8 Å². The molecule has 0 bridgehead atoms. The second-order valence-electron chi connectivity index (χ2n) is 6.17. The molecule has 1 amide bonds. The van der Waals surface area contributed by atoms with Gasteiger partial charge in [0.05, 0.1) is 6.54 Å². The molecule has 1 N–H and O–H groups in total. The van der Waals surface area contributed by atoms with E-state index < -0.39 is 0 Å². The van der Waals surface area contributed by atoms with Crippen LogP contribution in [0.4, 0.5) is 0 Å². The van der Waals surface area contributed by atoms with Gasteiger partial charge in [0.25, 0.3) is 0 Å². The summed E-state index contributed by atoms with van der Waals surface area (Å²) in [4.78, 5) is 19.9. The zero-order chi connectivity index (χ0) is 18.6. The molecule has 3 aromatic rings. The topological polar surface area (TPSA) is 91.2 Å². The first kappa shape index (κ1) is 17.0. The maximum absolute atomic E-state index is 11.2. The van der Waals surface area contributed by atoms with Crippen molar-refractivity contribution in [2.24, 2.45) is 0 Å². The number of benzene rings is 1. The van der Waals surface area contributed by atoms with E-state index in [-0.39, 0.29) is 12.7 Å². The van der Waals surface area contributed by atoms with Gasteiger partial charge in [-0.2, -0.15) is 5.10 Å². The molecule has 0 unspecified atom stereocenters. The molecule has 138 valence electrons. The summed E-state index contributed by atoms with van der Waals surface area (Å²) in [7, 11) is 0. The van der Waals surface area contributed by atoms with Crippen LogP contribution in [0.5, 0.6) is 11.5 Å². The Kier molecular flexibility index (Phi) is 4.69. The number of nitrogens with zero attached hydrogens (tertiary/aromatic N) is 4. The number of hydrogen-bond acceptors (Lipinski definition) is 6. The second-order valence-corrected chi connectivity index (χ2v) is 6.17. The molecule has 1 aromatic carbocycles. The molecular formula is C19H19N5O3. The van der Waals surface area contributed by atoms with Crippen LogP contribution in [-0.2, 0) is 17.8 Å². The number of carbonyl (C=O) groups is 1. The lowest BCUT2D eigenvalue weighted by atomic mass is 10.2. The fraction of sp³-hybridized carbons (Fsp3) is 0.263. The molecule has 4 rings (SSSR count). The molecular weight excluding hydrogens is 346 g/mol. The van der Waals surface area contributed by atoms with E-state index in [0.717, 1.165) is 28.5 Å². The zero-order valence-electron chi connectivity index (χ0n) is 14.9. The van der Waals surface area contributed by atoms with Crippen LogP contribution >= 0.6 is 0 Å². The Morgan fingerprint density at radius 1 is 1.19 bits per heavy atom. The van der Waals surface area contributed by atoms with E-state index in [2.05, 4.69) is 20.4 Å². The quantitative estimate of drug-likeness (QED) is 0.716. The molecule has 8 nitrogen and oxygen atoms in total. The molecule has 1 aliphatic rings. The molecule has 0 aliphatic carbocycles. The van der Waals surface area contributed by atoms with Gasteiger partial charge in [-0.25, -0.2) is 9.67 Å². The maximum Gasteiger partial charge on any atom is 0.231 e. The van der Waals surface area contributed by atoms with Crippen molar-refractivity contribution in [3.63, 3.8) is 0 Å². The summed E-state index contributed by atoms with van der Waals surface area (Å²) >= 11 is 0. The van der Waals surface area contributed by atoms with E-state index in [4.69, 9.17) is 9.47 Å². The predicted molar refractivity (Wildman–Crippen MR) is 97.3 cm³/mol. The smallest absolute Gasteiger partial charge is 0.231 e. The Morgan fingerprint density at radius 3 is 2.81 bits per heavy atom. The van der Waals surface area contributed by atoms with Gasteiger partial charge in [0.15, 0.2) is 17.3 Å². The Morgan fingerprint density at radius 2 is 2.00 bits per heavy atom. The second kappa shape index (κ2) is 7.45. The standard InChI is InChI=1S/C19H19N5O3/c1-13(25)21-9-6-18-22-19(15-4-7-20-8-5-15)23-24(18)11-14-2-3-16-17(10-14)27-12-26-16/h2-5,7-8,10H,6,9,11-12H2,1H3,(H,21,25). The summed E-state index contributed by atoms with van der Waals surface area (Å²) in [5.74, 6) is 2.86. The first-order valence-corrected chi connectivity index (χ1v) is 8.66. The van der Waals surface area contributed by atoms with Crippen LogP contribution < -0.4 is 14.8 Å². The minimum Gasteiger partial charge on any atom is -0.454 e. The third-order valence-corrected chi connectivity index (χ3v) is 4.18. The number of carbonyl (C=O) groups excluding carboxylic acids is 1. The summed E-state index contributed by atoms with van der Waals surface area (Å²) in [6.07, 6.45) is 4.01. The third kappa shape index (κ3) is 3.89. The van der Waals surface area contributed by atoms with Crippen molar-refractivity contribution in [3.05, 3.63) is 54.1 Å². The summed E-state index contributed by atoms with van der Waals surface area (Å²) in [5, 5.41) is 7.46. The first-order valence-electron chi connectivity index (χ1n) is 8.66. The molecule has 2 aromatic heterocycles. The summed E-state index contributed by atoms with van der Waals surface area (Å²) in [5.41, 5.74) is 1.93. The predicted octanol–water partition coefficient (Wildman–Crippen LogP) is 1.80. The number of rotatable bonds is 6. The largest absolute Gasteiger partial charge is 0.454 e. The summed E-state index contributed by atoms with van der Waals surface area (Å²) in [6, 6.07) is 9.58. The van der Waals surface area contributed by atoms with Crippen LogP contribution in [0, 0.1) is 0 Å². The van der Waals surface area contributed by atoms with Crippen LogP contribution in [-0.4, -0.2) is 39.0 Å². The molecule has 3 heterocycles. The van der Waals surface area contributed by atoms with Gasteiger partial charge in [0, 0.05) is 37.8 Å². The minimum absolute atomic E-state index is 0.0637. The van der Waals surface area contributed by atoms with Gasteiger partial charge in [0.2, 0.25) is 12.7 Å². The number of nitrogens with one attached hydrogen (secondary N) is 1. The van der Waals surface area contributed by atoms with Gasteiger partial charge >= 0.3 is 0 Å². The van der Waals surface area contributed by atoms with E-state index in [0.29, 0.717) is 25.3 Å². The molecule has 1 aliphatic heterocycles. The summed E-state index contributed by atoms with van der Waals surface area (Å²) in [6.45, 7) is 2.80. The molecule has 0 saturated heterocycles. The van der Waals surface area contributed by atoms with Crippen molar-refractivity contribution < 1.29 is 14.3 Å². The molecule has 0 atom stereocenters. The number of ether oxygens (including phenoxy) is 2. The lowest BCUT2D eigenvalue weighted by molar-refractivity contribution is -0.118. The normalized spacial score (nSPS) is 12.2. The van der Waals surface area contributed by atoms with E-state index in [9.17, 15) is 4.79 Å². The fourth-order valence-corrected chi connectivity index (χ4v) is 2.87. The van der Waals surface area contributed by atoms with Gasteiger partial charge in [-0.1, -0.05) is 6.07 Å². The highest BCUT2D eigenvalue weighted by atomic mass is 16.7. The Balaban J connectivity index is 1.60. The van der Waals surface area contributed by atoms with E-state index in [1.807, 2.05) is 35.0 Å². The molecule has 8 heteroatoms. The Bertz CT molecular complexity index is 955. The van der Waals surface area contributed by atoms with Crippen molar-refractivity contribution in [1.82, 2.24) is 25.1 Å². The van der Waals surface area contributed by atoms with Crippen molar-refractivity contribution >= 4 is 5.91 Å². The SMILES string of the molecule is CC(=O)NCCc1nc(-c2ccncc2)nn1Cc1ccc2c(c1)OCO2. The molecule has 27 heavy (non-hydrogen) atoms. The van der Waals surface area contributed by atoms with Crippen LogP contribution in [0.15, 0.2) is 42.7 Å². The number of amides is 1. The van der Waals surface area contributed by atoms with Crippen molar-refractivity contribution in [1.29, 1.82) is 0 Å². The van der Waals surface area contributed by atoms with Crippen LogP contribution in [0.25, 0.3) is 11.4 Å². The average molecular weight is 365 g/mol. The molecule has 0 saturated carbocycles. The first-order chi connectivity index (χ1) is 13.2. The monoisotopic (exact) mass is 365 g/mol. The number of aromatic nitrogens is 4. The maximum atomic E-state index is 11.2. The Labute approximate surface area is 156 Å². The Hall–Kier alpha value is -3.42. The van der Waals surface area contributed by atoms with E-state index in [1.165, 1.54) is 6.92 Å². The fourth-order valence-electron chi connectivity index (χ4n) is 2.87. The highest BCUT2D eigenvalue weighted by molar-refractivity contribution is 5.72. The van der Waals surface area contributed by atoms with E-state index >= 15 is 0 Å². The number of hydrogen-bond donors (Lipinski definition) is 1. The molecule has 0 fully saturated rings. The van der Waals surface area contributed by atoms with Crippen LogP contribution in [0.1, 0.15) is 18.3 Å². The minimum atomic E-state index is -0.0637. The van der Waals surface area contributed by atoms with Gasteiger partial charge < -0.3 is 14.8 Å². The average Bonchev–Trinajstić information content (AvgIpc) is 3.29. The van der Waals surface area contributed by atoms with Gasteiger partial charge in [0.1, 0.15) is 5.82 Å². The lowest BCUT2D eigenvalue weighted by Gasteiger charge is -2.07. The summed E-state index contributed by atoms with van der Waals surface area (Å²) < 4.78 is 12.7. The van der Waals surface area contributed by atoms with E-state index in [1.54, 1.807) is 12.4 Å². The number of fused-ring (bicyclic) bond motifs is 1. The molecule has 0 spiro atoms. The van der Waals surface area contributed by atoms with Gasteiger partial charge in [-0.3, -0.25) is 9.78 Å². The highest BCUT2D eigenvalue weighted by Crippen LogP contribution is 2.32. The lowest BCUT2D eigenvalue weighted by Crippen LogP contribution is -2.23. The highest BCUT2D eigenvalue weighted by Gasteiger charge is 2.16. The zero-order valence-corrected chi connectivity index (χ0v) is 14.9. The van der Waals surface area contributed by atoms with Crippen molar-refractivity contribution in [2.75, 3.05) is 13.3 Å². The number of pyridine rings is 1. The van der Waals surface area contributed by atoms with Crippen LogP contribution in [0.3, 0.4) is 0 Å². The van der Waals surface area contributed by atoms with Crippen molar-refractivity contribution in [2.45, 2.75) is 19.9 Å².